The van der Waals surface area contributed by atoms with E-state index in [2.05, 4.69) is 23.6 Å². The van der Waals surface area contributed by atoms with Crippen LogP contribution in [0.4, 0.5) is 10.5 Å². The third-order valence-electron chi connectivity index (χ3n) is 5.79. The number of anilines is 1. The van der Waals surface area contributed by atoms with Crippen LogP contribution in [0.1, 0.15) is 47.2 Å². The number of likely N-dealkylation sites (tertiary alicyclic amines) is 1. The fourth-order valence-electron chi connectivity index (χ4n) is 3.89. The molecule has 0 bridgehead atoms. The first-order chi connectivity index (χ1) is 15.0. The van der Waals surface area contributed by atoms with Crippen molar-refractivity contribution in [3.8, 4) is 0 Å². The molecule has 166 valence electrons. The highest BCUT2D eigenvalue weighted by Crippen LogP contribution is 2.28. The maximum Gasteiger partial charge on any atom is 0.321 e. The normalized spacial score (nSPS) is 16.3. The molecule has 1 heterocycles. The van der Waals surface area contributed by atoms with Crippen LogP contribution in [0.2, 0.25) is 0 Å². The molecule has 2 N–H and O–H groups in total. The molecule has 31 heavy (non-hydrogen) atoms. The minimum absolute atomic E-state index is 0.0513. The molecule has 0 aromatic heterocycles. The van der Waals surface area contributed by atoms with Crippen molar-refractivity contribution in [2.24, 2.45) is 0 Å². The zero-order valence-corrected chi connectivity index (χ0v) is 18.9. The van der Waals surface area contributed by atoms with E-state index < -0.39 is 0 Å². The van der Waals surface area contributed by atoms with Gasteiger partial charge in [-0.1, -0.05) is 31.2 Å². The van der Waals surface area contributed by atoms with Crippen molar-refractivity contribution in [2.75, 3.05) is 45.6 Å². The van der Waals surface area contributed by atoms with Gasteiger partial charge in [0.25, 0.3) is 5.91 Å². The molecule has 6 heteroatoms. The van der Waals surface area contributed by atoms with E-state index in [4.69, 9.17) is 0 Å². The second-order valence-corrected chi connectivity index (χ2v) is 8.45. The number of nitrogens with zero attached hydrogens (tertiary/aromatic N) is 2. The van der Waals surface area contributed by atoms with Gasteiger partial charge in [0.15, 0.2) is 0 Å². The Balaban J connectivity index is 1.60. The molecule has 1 saturated heterocycles. The third kappa shape index (κ3) is 6.56. The average Bonchev–Trinajstić information content (AvgIpc) is 2.79. The second kappa shape index (κ2) is 11.0. The SMILES string of the molecule is CCc1ccc(NC(=O)N2CCC[C@@H](c3cccc(C(=O)NCCN(C)C)c3)C2)cc1. The van der Waals surface area contributed by atoms with Crippen LogP contribution in [0, 0.1) is 0 Å². The Bertz CT molecular complexity index is 879. The topological polar surface area (TPSA) is 64.7 Å². The summed E-state index contributed by atoms with van der Waals surface area (Å²) in [6.07, 6.45) is 2.95. The van der Waals surface area contributed by atoms with Crippen LogP contribution < -0.4 is 10.6 Å². The molecule has 0 saturated carbocycles. The van der Waals surface area contributed by atoms with Gasteiger partial charge in [-0.3, -0.25) is 4.79 Å². The van der Waals surface area contributed by atoms with E-state index in [0.29, 0.717) is 18.7 Å². The summed E-state index contributed by atoms with van der Waals surface area (Å²) in [5, 5.41) is 5.98. The molecule has 1 aliphatic heterocycles. The number of carbonyl (C=O) groups is 2. The second-order valence-electron chi connectivity index (χ2n) is 8.45. The molecule has 1 fully saturated rings. The summed E-state index contributed by atoms with van der Waals surface area (Å²) in [6.45, 7) is 4.94. The number of benzene rings is 2. The first-order valence-electron chi connectivity index (χ1n) is 11.1. The Labute approximate surface area is 185 Å². The van der Waals surface area contributed by atoms with E-state index in [-0.39, 0.29) is 17.9 Å². The smallest absolute Gasteiger partial charge is 0.321 e. The lowest BCUT2D eigenvalue weighted by atomic mass is 9.89. The molecular weight excluding hydrogens is 388 g/mol. The van der Waals surface area contributed by atoms with E-state index >= 15 is 0 Å². The molecular formula is C25H34N4O2. The Morgan fingerprint density at radius 1 is 1.13 bits per heavy atom. The van der Waals surface area contributed by atoms with Crippen molar-refractivity contribution in [3.63, 3.8) is 0 Å². The highest BCUT2D eigenvalue weighted by Gasteiger charge is 2.25. The Hall–Kier alpha value is -2.86. The van der Waals surface area contributed by atoms with E-state index in [1.807, 2.05) is 66.4 Å². The van der Waals surface area contributed by atoms with Gasteiger partial charge in [0.05, 0.1) is 0 Å². The Kier molecular flexibility index (Phi) is 8.06. The molecule has 3 amide bonds. The maximum absolute atomic E-state index is 12.8. The minimum Gasteiger partial charge on any atom is -0.351 e. The molecule has 0 aliphatic carbocycles. The molecule has 1 atom stereocenters. The standard InChI is InChI=1S/C25H34N4O2/c1-4-19-10-12-23(13-11-19)27-25(31)29-15-6-9-22(18-29)20-7-5-8-21(17-20)24(30)26-14-16-28(2)3/h5,7-8,10-13,17,22H,4,6,9,14-16,18H2,1-3H3,(H,26,30)(H,27,31)/t22-/m1/s1. The number of nitrogens with one attached hydrogen (secondary N) is 2. The van der Waals surface area contributed by atoms with Gasteiger partial charge in [-0.15, -0.1) is 0 Å². The quantitative estimate of drug-likeness (QED) is 0.710. The lowest BCUT2D eigenvalue weighted by molar-refractivity contribution is 0.0950. The summed E-state index contributed by atoms with van der Waals surface area (Å²) in [5.41, 5.74) is 3.86. The number of aryl methyl sites for hydroxylation is 1. The fourth-order valence-corrected chi connectivity index (χ4v) is 3.89. The predicted octanol–water partition coefficient (Wildman–Crippen LogP) is 3.95. The number of urea groups is 1. The number of rotatable bonds is 7. The number of piperidine rings is 1. The number of hydrogen-bond acceptors (Lipinski definition) is 3. The zero-order valence-electron chi connectivity index (χ0n) is 18.9. The Morgan fingerprint density at radius 3 is 2.61 bits per heavy atom. The van der Waals surface area contributed by atoms with E-state index in [1.54, 1.807) is 0 Å². The summed E-state index contributed by atoms with van der Waals surface area (Å²) in [7, 11) is 3.97. The number of amides is 3. The van der Waals surface area contributed by atoms with Crippen LogP contribution in [0.5, 0.6) is 0 Å². The van der Waals surface area contributed by atoms with E-state index in [0.717, 1.165) is 43.6 Å². The van der Waals surface area contributed by atoms with E-state index in [9.17, 15) is 9.59 Å². The summed E-state index contributed by atoms with van der Waals surface area (Å²) in [4.78, 5) is 29.2. The average molecular weight is 423 g/mol. The van der Waals surface area contributed by atoms with Crippen LogP contribution in [0.15, 0.2) is 48.5 Å². The molecule has 3 rings (SSSR count). The van der Waals surface area contributed by atoms with Gasteiger partial charge in [0.2, 0.25) is 0 Å². The molecule has 2 aromatic carbocycles. The van der Waals surface area contributed by atoms with Crippen molar-refractivity contribution in [2.45, 2.75) is 32.1 Å². The van der Waals surface area contributed by atoms with Crippen molar-refractivity contribution >= 4 is 17.6 Å². The zero-order chi connectivity index (χ0) is 22.2. The molecule has 0 unspecified atom stereocenters. The van der Waals surface area contributed by atoms with Crippen LogP contribution in [-0.4, -0.2) is 62.0 Å². The highest BCUT2D eigenvalue weighted by molar-refractivity contribution is 5.94. The Morgan fingerprint density at radius 2 is 1.90 bits per heavy atom. The summed E-state index contributed by atoms with van der Waals surface area (Å²) >= 11 is 0. The molecule has 2 aromatic rings. The number of carbonyl (C=O) groups excluding carboxylic acids is 2. The number of hydrogen-bond donors (Lipinski definition) is 2. The molecule has 1 aliphatic rings. The lowest BCUT2D eigenvalue weighted by Gasteiger charge is -2.33. The first-order valence-corrected chi connectivity index (χ1v) is 11.1. The van der Waals surface area contributed by atoms with Gasteiger partial charge >= 0.3 is 6.03 Å². The maximum atomic E-state index is 12.8. The fraction of sp³-hybridized carbons (Fsp3) is 0.440. The van der Waals surface area contributed by atoms with Gasteiger partial charge in [0, 0.05) is 43.3 Å². The van der Waals surface area contributed by atoms with Crippen molar-refractivity contribution in [3.05, 3.63) is 65.2 Å². The third-order valence-corrected chi connectivity index (χ3v) is 5.79. The molecule has 6 nitrogen and oxygen atoms in total. The van der Waals surface area contributed by atoms with Gasteiger partial charge in [-0.25, -0.2) is 4.79 Å². The van der Waals surface area contributed by atoms with Crippen molar-refractivity contribution in [1.82, 2.24) is 15.1 Å². The van der Waals surface area contributed by atoms with E-state index in [1.165, 1.54) is 5.56 Å². The number of likely N-dealkylation sites (N-methyl/N-ethyl adjacent to an activating group) is 1. The van der Waals surface area contributed by atoms with Gasteiger partial charge in [-0.2, -0.15) is 0 Å². The summed E-state index contributed by atoms with van der Waals surface area (Å²) in [6, 6.07) is 15.8. The summed E-state index contributed by atoms with van der Waals surface area (Å²) in [5.74, 6) is 0.182. The molecule has 0 spiro atoms. The molecule has 0 radical (unpaired) electrons. The van der Waals surface area contributed by atoms with Gasteiger partial charge < -0.3 is 20.4 Å². The van der Waals surface area contributed by atoms with Crippen LogP contribution in [0.25, 0.3) is 0 Å². The van der Waals surface area contributed by atoms with Crippen LogP contribution in [-0.2, 0) is 6.42 Å². The summed E-state index contributed by atoms with van der Waals surface area (Å²) < 4.78 is 0. The monoisotopic (exact) mass is 422 g/mol. The van der Waals surface area contributed by atoms with Crippen LogP contribution in [0.3, 0.4) is 0 Å². The highest BCUT2D eigenvalue weighted by atomic mass is 16.2. The van der Waals surface area contributed by atoms with Gasteiger partial charge in [-0.05, 0) is 68.8 Å². The predicted molar refractivity (Wildman–Crippen MR) is 126 cm³/mol. The first kappa shape index (κ1) is 22.8. The van der Waals surface area contributed by atoms with Crippen molar-refractivity contribution < 1.29 is 9.59 Å². The van der Waals surface area contributed by atoms with Crippen LogP contribution >= 0.6 is 0 Å². The van der Waals surface area contributed by atoms with Crippen molar-refractivity contribution in [1.29, 1.82) is 0 Å². The van der Waals surface area contributed by atoms with Gasteiger partial charge in [0.1, 0.15) is 0 Å². The largest absolute Gasteiger partial charge is 0.351 e. The lowest BCUT2D eigenvalue weighted by Crippen LogP contribution is -2.41. The minimum atomic E-state index is -0.0634.